The van der Waals surface area contributed by atoms with Crippen molar-refractivity contribution in [3.05, 3.63) is 18.0 Å². The predicted octanol–water partition coefficient (Wildman–Crippen LogP) is -0.123. The summed E-state index contributed by atoms with van der Waals surface area (Å²) in [6, 6.07) is 1.66. The molecule has 0 unspecified atom stereocenters. The number of H-pyrrole nitrogens is 1. The van der Waals surface area contributed by atoms with E-state index in [0.717, 1.165) is 12.2 Å². The summed E-state index contributed by atoms with van der Waals surface area (Å²) in [5, 5.41) is 3.13. The second kappa shape index (κ2) is 6.17. The fourth-order valence-electron chi connectivity index (χ4n) is 1.94. The molecular formula is C11H19N3O3S2. The Bertz CT molecular complexity index is 543. The lowest BCUT2D eigenvalue weighted by molar-refractivity contribution is 0.439. The number of nitrogens with zero attached hydrogens (tertiary/aromatic N) is 1. The zero-order valence-electron chi connectivity index (χ0n) is 10.9. The molecule has 0 saturated carbocycles. The SMILES string of the molecule is CCNCc1cc(S(=O)(=O)N2CCS(=O)CC2)c[nH]1. The summed E-state index contributed by atoms with van der Waals surface area (Å²) in [5.74, 6) is 0.849. The average molecular weight is 305 g/mol. The first-order valence-corrected chi connectivity index (χ1v) is 9.20. The van der Waals surface area contributed by atoms with Gasteiger partial charge < -0.3 is 10.3 Å². The molecule has 0 bridgehead atoms. The van der Waals surface area contributed by atoms with Crippen LogP contribution in [0.5, 0.6) is 0 Å². The lowest BCUT2D eigenvalue weighted by Gasteiger charge is -2.24. The number of rotatable bonds is 5. The molecular weight excluding hydrogens is 286 g/mol. The van der Waals surface area contributed by atoms with Crippen LogP contribution >= 0.6 is 0 Å². The molecule has 0 radical (unpaired) electrons. The number of sulfonamides is 1. The number of hydrogen-bond donors (Lipinski definition) is 2. The first-order valence-electron chi connectivity index (χ1n) is 6.27. The standard InChI is InChI=1S/C11H19N3O3S2/c1-2-12-8-10-7-11(9-13-10)19(16,17)14-3-5-18(15)6-4-14/h7,9,12-13H,2-6,8H2,1H3. The van der Waals surface area contributed by atoms with E-state index in [1.807, 2.05) is 6.92 Å². The van der Waals surface area contributed by atoms with Gasteiger partial charge in [-0.05, 0) is 12.6 Å². The van der Waals surface area contributed by atoms with E-state index in [-0.39, 0.29) is 4.90 Å². The van der Waals surface area contributed by atoms with Gasteiger partial charge in [-0.25, -0.2) is 8.42 Å². The van der Waals surface area contributed by atoms with Gasteiger partial charge >= 0.3 is 0 Å². The van der Waals surface area contributed by atoms with Gasteiger partial charge in [0.1, 0.15) is 0 Å². The van der Waals surface area contributed by atoms with Crippen molar-refractivity contribution in [2.75, 3.05) is 31.1 Å². The van der Waals surface area contributed by atoms with Crippen LogP contribution in [0.15, 0.2) is 17.2 Å². The third-order valence-electron chi connectivity index (χ3n) is 3.06. The van der Waals surface area contributed by atoms with E-state index < -0.39 is 20.8 Å². The van der Waals surface area contributed by atoms with Crippen molar-refractivity contribution in [1.29, 1.82) is 0 Å². The first-order chi connectivity index (χ1) is 9.04. The Hall–Kier alpha value is -0.700. The molecule has 1 aliphatic rings. The van der Waals surface area contributed by atoms with Gasteiger partial charge in [0, 0.05) is 53.8 Å². The number of aromatic nitrogens is 1. The highest BCUT2D eigenvalue weighted by Gasteiger charge is 2.28. The first kappa shape index (κ1) is 14.7. The second-order valence-electron chi connectivity index (χ2n) is 4.39. The molecule has 1 saturated heterocycles. The maximum atomic E-state index is 12.4. The van der Waals surface area contributed by atoms with Crippen LogP contribution in [0.2, 0.25) is 0 Å². The van der Waals surface area contributed by atoms with Crippen molar-refractivity contribution in [3.63, 3.8) is 0 Å². The monoisotopic (exact) mass is 305 g/mol. The Morgan fingerprint density at radius 2 is 2.11 bits per heavy atom. The molecule has 1 fully saturated rings. The predicted molar refractivity (Wildman–Crippen MR) is 74.8 cm³/mol. The largest absolute Gasteiger partial charge is 0.363 e. The fraction of sp³-hybridized carbons (Fsp3) is 0.636. The third kappa shape index (κ3) is 3.44. The van der Waals surface area contributed by atoms with Crippen molar-refractivity contribution in [3.8, 4) is 0 Å². The molecule has 1 aliphatic heterocycles. The molecule has 2 heterocycles. The highest BCUT2D eigenvalue weighted by Crippen LogP contribution is 2.18. The normalized spacial score (nSPS) is 18.8. The Morgan fingerprint density at radius 1 is 1.42 bits per heavy atom. The molecule has 1 aromatic heterocycles. The summed E-state index contributed by atoms with van der Waals surface area (Å²) in [6.07, 6.45) is 1.52. The fourth-order valence-corrected chi connectivity index (χ4v) is 4.68. The van der Waals surface area contributed by atoms with Gasteiger partial charge in [0.25, 0.3) is 0 Å². The summed E-state index contributed by atoms with van der Waals surface area (Å²) in [5.41, 5.74) is 0.848. The highest BCUT2D eigenvalue weighted by molar-refractivity contribution is 7.89. The molecule has 2 N–H and O–H groups in total. The van der Waals surface area contributed by atoms with Gasteiger partial charge in [-0.3, -0.25) is 4.21 Å². The zero-order chi connectivity index (χ0) is 13.9. The Kier molecular flexibility index (Phi) is 4.77. The van der Waals surface area contributed by atoms with E-state index in [1.54, 1.807) is 6.07 Å². The topological polar surface area (TPSA) is 82.3 Å². The van der Waals surface area contributed by atoms with Crippen LogP contribution in [0.25, 0.3) is 0 Å². The van der Waals surface area contributed by atoms with Crippen molar-refractivity contribution in [2.24, 2.45) is 0 Å². The quantitative estimate of drug-likeness (QED) is 0.794. The third-order valence-corrected chi connectivity index (χ3v) is 6.21. The molecule has 0 atom stereocenters. The minimum Gasteiger partial charge on any atom is -0.363 e. The Balaban J connectivity index is 2.10. The van der Waals surface area contributed by atoms with E-state index in [9.17, 15) is 12.6 Å². The Morgan fingerprint density at radius 3 is 2.74 bits per heavy atom. The molecule has 108 valence electrons. The summed E-state index contributed by atoms with van der Waals surface area (Å²) >= 11 is 0. The van der Waals surface area contributed by atoms with Crippen molar-refractivity contribution in [2.45, 2.75) is 18.4 Å². The molecule has 19 heavy (non-hydrogen) atoms. The number of aromatic amines is 1. The molecule has 0 aliphatic carbocycles. The lowest BCUT2D eigenvalue weighted by Crippen LogP contribution is -2.41. The van der Waals surface area contributed by atoms with Crippen molar-refractivity contribution >= 4 is 20.8 Å². The van der Waals surface area contributed by atoms with Crippen LogP contribution < -0.4 is 5.32 Å². The van der Waals surface area contributed by atoms with Crippen molar-refractivity contribution < 1.29 is 12.6 Å². The van der Waals surface area contributed by atoms with E-state index in [1.165, 1.54) is 10.5 Å². The van der Waals surface area contributed by atoms with Gasteiger partial charge in [-0.1, -0.05) is 6.92 Å². The van der Waals surface area contributed by atoms with Crippen LogP contribution in [-0.2, 0) is 27.4 Å². The molecule has 2 rings (SSSR count). The van der Waals surface area contributed by atoms with Gasteiger partial charge in [-0.15, -0.1) is 0 Å². The molecule has 8 heteroatoms. The van der Waals surface area contributed by atoms with Gasteiger partial charge in [0.2, 0.25) is 10.0 Å². The van der Waals surface area contributed by atoms with Gasteiger partial charge in [-0.2, -0.15) is 4.31 Å². The van der Waals surface area contributed by atoms with Crippen LogP contribution in [0.4, 0.5) is 0 Å². The number of nitrogens with one attached hydrogen (secondary N) is 2. The minimum atomic E-state index is -3.45. The van der Waals surface area contributed by atoms with E-state index in [2.05, 4.69) is 10.3 Å². The summed E-state index contributed by atoms with van der Waals surface area (Å²) in [6.45, 7) is 4.12. The molecule has 0 spiro atoms. The minimum absolute atomic E-state index is 0.285. The van der Waals surface area contributed by atoms with Gasteiger partial charge in [0.15, 0.2) is 0 Å². The summed E-state index contributed by atoms with van der Waals surface area (Å²) in [4.78, 5) is 3.25. The van der Waals surface area contributed by atoms with Crippen molar-refractivity contribution in [1.82, 2.24) is 14.6 Å². The highest BCUT2D eigenvalue weighted by atomic mass is 32.2. The average Bonchev–Trinajstić information content (AvgIpc) is 2.86. The van der Waals surface area contributed by atoms with Crippen LogP contribution in [0.3, 0.4) is 0 Å². The van der Waals surface area contributed by atoms with E-state index in [4.69, 9.17) is 0 Å². The van der Waals surface area contributed by atoms with Gasteiger partial charge in [0.05, 0.1) is 4.90 Å². The van der Waals surface area contributed by atoms with E-state index >= 15 is 0 Å². The second-order valence-corrected chi connectivity index (χ2v) is 8.03. The van der Waals surface area contributed by atoms with Crippen LogP contribution in [-0.4, -0.2) is 53.1 Å². The molecule has 0 aromatic carbocycles. The zero-order valence-corrected chi connectivity index (χ0v) is 12.5. The summed E-state index contributed by atoms with van der Waals surface area (Å²) < 4.78 is 37.4. The molecule has 6 nitrogen and oxygen atoms in total. The molecule has 1 aromatic rings. The maximum absolute atomic E-state index is 12.4. The van der Waals surface area contributed by atoms with Crippen LogP contribution in [0.1, 0.15) is 12.6 Å². The maximum Gasteiger partial charge on any atom is 0.244 e. The number of hydrogen-bond acceptors (Lipinski definition) is 4. The Labute approximate surface area is 116 Å². The smallest absolute Gasteiger partial charge is 0.244 e. The summed E-state index contributed by atoms with van der Waals surface area (Å²) in [7, 11) is -4.32. The van der Waals surface area contributed by atoms with E-state index in [0.29, 0.717) is 31.1 Å². The molecule has 0 amide bonds. The van der Waals surface area contributed by atoms with Crippen LogP contribution in [0, 0.1) is 0 Å². The lowest BCUT2D eigenvalue weighted by atomic mass is 10.4.